The van der Waals surface area contributed by atoms with E-state index in [0.717, 1.165) is 0 Å². The van der Waals surface area contributed by atoms with E-state index in [1.807, 2.05) is 37.3 Å². The van der Waals surface area contributed by atoms with Gasteiger partial charge in [0.15, 0.2) is 0 Å². The number of nitriles is 1. The van der Waals surface area contributed by atoms with Crippen LogP contribution in [0.2, 0.25) is 0 Å². The van der Waals surface area contributed by atoms with Crippen LogP contribution in [0.25, 0.3) is 4.85 Å². The molecule has 1 rings (SSSR count). The second kappa shape index (κ2) is 3.55. The van der Waals surface area contributed by atoms with E-state index in [9.17, 15) is 0 Å². The van der Waals surface area contributed by atoms with Crippen molar-refractivity contribution in [3.63, 3.8) is 0 Å². The highest BCUT2D eigenvalue weighted by Crippen LogP contribution is 2.16. The Hall–Kier alpha value is -1.80. The van der Waals surface area contributed by atoms with Gasteiger partial charge in [-0.1, -0.05) is 31.2 Å². The van der Waals surface area contributed by atoms with Gasteiger partial charge in [-0.05, 0) is 11.5 Å². The number of hydrogen-bond donors (Lipinski definition) is 0. The smallest absolute Gasteiger partial charge is 0.226 e. The van der Waals surface area contributed by atoms with Crippen LogP contribution in [0.1, 0.15) is 6.92 Å². The molecule has 0 aromatic heterocycles. The molecule has 1 aliphatic carbocycles. The molecule has 0 aromatic carbocycles. The van der Waals surface area contributed by atoms with Crippen LogP contribution in [0.5, 0.6) is 0 Å². The van der Waals surface area contributed by atoms with Gasteiger partial charge in [-0.25, -0.2) is 10.1 Å². The molecule has 0 unspecified atom stereocenters. The third-order valence-corrected chi connectivity index (χ3v) is 1.65. The Bertz CT molecular complexity index is 313. The maximum Gasteiger partial charge on any atom is 0.268 e. The van der Waals surface area contributed by atoms with Gasteiger partial charge >= 0.3 is 0 Å². The normalized spacial score (nSPS) is 19.9. The summed E-state index contributed by atoms with van der Waals surface area (Å²) in [6.07, 6.45) is 7.58. The van der Waals surface area contributed by atoms with Crippen molar-refractivity contribution in [1.29, 1.82) is 5.26 Å². The second-order valence-electron chi connectivity index (χ2n) is 2.60. The Labute approximate surface area is 71.9 Å². The Balaban J connectivity index is 3.02. The minimum atomic E-state index is 0.161. The van der Waals surface area contributed by atoms with Gasteiger partial charge in [0.25, 0.3) is 5.70 Å². The molecule has 0 atom stereocenters. The van der Waals surface area contributed by atoms with Crippen molar-refractivity contribution in [2.75, 3.05) is 0 Å². The molecule has 0 heterocycles. The molecule has 58 valence electrons. The van der Waals surface area contributed by atoms with E-state index in [1.54, 1.807) is 0 Å². The Kier molecular flexibility index (Phi) is 2.46. The molecule has 0 N–H and O–H groups in total. The van der Waals surface area contributed by atoms with Crippen LogP contribution in [0.3, 0.4) is 0 Å². The van der Waals surface area contributed by atoms with Crippen molar-refractivity contribution in [3.8, 4) is 6.07 Å². The molecular formula is C10H8N2. The molecule has 12 heavy (non-hydrogen) atoms. The summed E-state index contributed by atoms with van der Waals surface area (Å²) in [7, 11) is 0. The zero-order valence-electron chi connectivity index (χ0n) is 6.78. The van der Waals surface area contributed by atoms with Crippen LogP contribution in [0.4, 0.5) is 0 Å². The molecule has 0 spiro atoms. The largest absolute Gasteiger partial charge is 0.268 e. The highest BCUT2D eigenvalue weighted by Gasteiger charge is 2.03. The summed E-state index contributed by atoms with van der Waals surface area (Å²) in [4.78, 5) is 3.12. The van der Waals surface area contributed by atoms with Crippen molar-refractivity contribution >= 4 is 0 Å². The van der Waals surface area contributed by atoms with Gasteiger partial charge in [-0.15, -0.1) is 0 Å². The van der Waals surface area contributed by atoms with Crippen molar-refractivity contribution in [1.82, 2.24) is 0 Å². The number of allylic oxidation sites excluding steroid dienone is 6. The topological polar surface area (TPSA) is 28.1 Å². The molecule has 0 aromatic rings. The van der Waals surface area contributed by atoms with Crippen molar-refractivity contribution in [3.05, 3.63) is 47.0 Å². The van der Waals surface area contributed by atoms with Gasteiger partial charge in [0.1, 0.15) is 0 Å². The standard InChI is InChI=1S/C10H8N2/c1-8-3-5-9(6-4-8)10(7-11)12-2/h3-6,8H,1H3. The zero-order chi connectivity index (χ0) is 8.97. The molecule has 0 bridgehead atoms. The van der Waals surface area contributed by atoms with Crippen LogP contribution in [0, 0.1) is 23.8 Å². The Morgan fingerprint density at radius 1 is 1.58 bits per heavy atom. The third kappa shape index (κ3) is 1.62. The molecule has 2 nitrogen and oxygen atoms in total. The van der Waals surface area contributed by atoms with Crippen LogP contribution >= 0.6 is 0 Å². The van der Waals surface area contributed by atoms with Crippen LogP contribution in [-0.2, 0) is 0 Å². The summed E-state index contributed by atoms with van der Waals surface area (Å²) < 4.78 is 0. The molecule has 0 saturated carbocycles. The maximum atomic E-state index is 8.55. The Morgan fingerprint density at radius 3 is 2.58 bits per heavy atom. The van der Waals surface area contributed by atoms with Crippen molar-refractivity contribution in [2.45, 2.75) is 6.92 Å². The van der Waals surface area contributed by atoms with Gasteiger partial charge in [0.2, 0.25) is 0 Å². The van der Waals surface area contributed by atoms with Gasteiger partial charge in [-0.3, -0.25) is 0 Å². The monoisotopic (exact) mass is 156 g/mol. The number of nitrogens with zero attached hydrogens (tertiary/aromatic N) is 2. The first-order valence-corrected chi connectivity index (χ1v) is 3.66. The van der Waals surface area contributed by atoms with Crippen LogP contribution in [-0.4, -0.2) is 0 Å². The highest BCUT2D eigenvalue weighted by molar-refractivity contribution is 5.47. The van der Waals surface area contributed by atoms with E-state index in [4.69, 9.17) is 11.8 Å². The quantitative estimate of drug-likeness (QED) is 0.391. The number of hydrogen-bond acceptors (Lipinski definition) is 1. The molecule has 2 heteroatoms. The average molecular weight is 156 g/mol. The summed E-state index contributed by atoms with van der Waals surface area (Å²) in [6.45, 7) is 8.77. The lowest BCUT2D eigenvalue weighted by atomic mass is 10.0. The minimum absolute atomic E-state index is 0.161. The molecular weight excluding hydrogens is 148 g/mol. The summed E-state index contributed by atoms with van der Waals surface area (Å²) >= 11 is 0. The zero-order valence-corrected chi connectivity index (χ0v) is 6.78. The molecule has 0 saturated heterocycles. The molecule has 0 fully saturated rings. The lowest BCUT2D eigenvalue weighted by Crippen LogP contribution is -1.90. The number of rotatable bonds is 0. The lowest BCUT2D eigenvalue weighted by Gasteiger charge is -2.05. The first-order chi connectivity index (χ1) is 5.77. The van der Waals surface area contributed by atoms with Crippen LogP contribution in [0.15, 0.2) is 35.6 Å². The SMILES string of the molecule is [C-]#[N+]C(C#N)=C1C=CC(C)C=C1. The molecule has 1 aliphatic rings. The summed E-state index contributed by atoms with van der Waals surface area (Å²) in [5.74, 6) is 0.402. The molecule has 0 radical (unpaired) electrons. The molecule has 0 aliphatic heterocycles. The van der Waals surface area contributed by atoms with Gasteiger partial charge in [0, 0.05) is 0 Å². The highest BCUT2D eigenvalue weighted by atomic mass is 14.7. The Morgan fingerprint density at radius 2 is 2.17 bits per heavy atom. The summed E-state index contributed by atoms with van der Waals surface area (Å²) in [5.41, 5.74) is 0.875. The fraction of sp³-hybridized carbons (Fsp3) is 0.200. The van der Waals surface area contributed by atoms with E-state index < -0.39 is 0 Å². The minimum Gasteiger partial charge on any atom is -0.226 e. The second-order valence-corrected chi connectivity index (χ2v) is 2.60. The fourth-order valence-electron chi connectivity index (χ4n) is 0.943. The third-order valence-electron chi connectivity index (χ3n) is 1.65. The predicted molar refractivity (Wildman–Crippen MR) is 46.7 cm³/mol. The fourth-order valence-corrected chi connectivity index (χ4v) is 0.943. The van der Waals surface area contributed by atoms with Gasteiger partial charge < -0.3 is 0 Å². The van der Waals surface area contributed by atoms with E-state index >= 15 is 0 Å². The van der Waals surface area contributed by atoms with Gasteiger partial charge in [0.05, 0.1) is 12.6 Å². The van der Waals surface area contributed by atoms with Crippen molar-refractivity contribution in [2.24, 2.45) is 5.92 Å². The summed E-state index contributed by atoms with van der Waals surface area (Å²) in [5, 5.41) is 8.55. The first-order valence-electron chi connectivity index (χ1n) is 3.66. The van der Waals surface area contributed by atoms with E-state index in [-0.39, 0.29) is 5.70 Å². The average Bonchev–Trinajstić information content (AvgIpc) is 2.10. The lowest BCUT2D eigenvalue weighted by molar-refractivity contribution is 0.928. The molecule has 0 amide bonds. The summed E-state index contributed by atoms with van der Waals surface area (Å²) in [6, 6.07) is 1.86. The van der Waals surface area contributed by atoms with Gasteiger partial charge in [-0.2, -0.15) is 0 Å². The first kappa shape index (κ1) is 8.30. The van der Waals surface area contributed by atoms with E-state index in [1.165, 1.54) is 0 Å². The van der Waals surface area contributed by atoms with E-state index in [2.05, 4.69) is 4.85 Å². The maximum absolute atomic E-state index is 8.55. The predicted octanol–water partition coefficient (Wildman–Crippen LogP) is 2.45. The van der Waals surface area contributed by atoms with Crippen LogP contribution < -0.4 is 0 Å². The van der Waals surface area contributed by atoms with E-state index in [0.29, 0.717) is 11.5 Å². The van der Waals surface area contributed by atoms with Crippen molar-refractivity contribution < 1.29 is 0 Å².